The average molecular weight is 1050 g/mol. The van der Waals surface area contributed by atoms with Crippen molar-refractivity contribution in [3.8, 4) is 0 Å². The van der Waals surface area contributed by atoms with Crippen LogP contribution in [0.15, 0.2) is 0 Å². The van der Waals surface area contributed by atoms with Gasteiger partial charge in [0.1, 0.15) is 0 Å². The van der Waals surface area contributed by atoms with E-state index in [1.165, 1.54) is 0 Å². The highest BCUT2D eigenvalue weighted by molar-refractivity contribution is 6.98. The van der Waals surface area contributed by atoms with Gasteiger partial charge in [0.25, 0.3) is 20.0 Å². The third-order valence-electron chi connectivity index (χ3n) is 6.02. The molecule has 4 atom stereocenters. The van der Waals surface area contributed by atoms with Gasteiger partial charge in [-0.3, -0.25) is 0 Å². The van der Waals surface area contributed by atoms with Crippen LogP contribution in [0.3, 0.4) is 0 Å². The minimum atomic E-state index is -4.78. The smallest absolute Gasteiger partial charge is 0.444 e. The van der Waals surface area contributed by atoms with E-state index in [0.717, 1.165) is 0 Å². The van der Waals surface area contributed by atoms with E-state index in [0.29, 0.717) is 0 Å². The fraction of sp³-hybridized carbons (Fsp3) is 1.00. The molecule has 20 nitrogen and oxygen atoms in total. The van der Waals surface area contributed by atoms with Gasteiger partial charge in [0.15, 0.2) is 72.3 Å². The van der Waals surface area contributed by atoms with Gasteiger partial charge in [-0.25, -0.2) is 0 Å². The van der Waals surface area contributed by atoms with E-state index in [2.05, 4.69) is 0 Å². The molecule has 0 aliphatic carbocycles. The molecule has 4 fully saturated rings. The van der Waals surface area contributed by atoms with Crippen molar-refractivity contribution in [1.82, 2.24) is 0 Å². The van der Waals surface area contributed by atoms with Crippen molar-refractivity contribution in [3.05, 3.63) is 0 Å². The number of rotatable bonds is 18. The van der Waals surface area contributed by atoms with Crippen LogP contribution in [0.2, 0.25) is 105 Å². The van der Waals surface area contributed by atoms with E-state index in [-0.39, 0.29) is 0 Å². The predicted octanol–water partition coefficient (Wildman–Crippen LogP) is -1.71. The van der Waals surface area contributed by atoms with E-state index >= 15 is 0 Å². The summed E-state index contributed by atoms with van der Waals surface area (Å²) in [6, 6.07) is 0. The predicted molar refractivity (Wildman–Crippen MR) is 230 cm³/mol. The molecule has 4 unspecified atom stereocenters. The first-order valence-electron chi connectivity index (χ1n) is 18.0. The number of hydrogen-bond donors (Lipinski definition) is 0. The van der Waals surface area contributed by atoms with E-state index in [4.69, 9.17) is 82.3 Å². The Bertz CT molecular complexity index is 1140. The van der Waals surface area contributed by atoms with Gasteiger partial charge in [-0.05, 0) is 105 Å². The summed E-state index contributed by atoms with van der Waals surface area (Å²) >= 11 is 0. The molecule has 312 valence electrons. The fourth-order valence-corrected chi connectivity index (χ4v) is 63.1. The summed E-state index contributed by atoms with van der Waals surface area (Å²) < 4.78 is 137. The first kappa shape index (κ1) is 48.6. The quantitative estimate of drug-likeness (QED) is 0.141. The van der Waals surface area contributed by atoms with Crippen LogP contribution >= 0.6 is 0 Å². The second-order valence-corrected chi connectivity index (χ2v) is 57.5. The first-order chi connectivity index (χ1) is 24.4. The standard InChI is InChI=1S/C16H60O20Si17/c1-39(2)17-37-18-47(21-40(3)4)28-50(24-43(9)10)30-48(22-41(5)6)19-38-20-49(23-42(7)8)31-51(29-47,25-44(11)12)35-53(34-50,27-46(15)16)36-52(32-48,33-49)26-45(13)14/h39-46H,37-38H2,1-16H3. The van der Waals surface area contributed by atoms with Gasteiger partial charge in [0.05, 0.1) is 0 Å². The Balaban J connectivity index is 2.18. The van der Waals surface area contributed by atoms with Crippen LogP contribution in [0.5, 0.6) is 0 Å². The van der Waals surface area contributed by atoms with Gasteiger partial charge in [-0.1, -0.05) is 0 Å². The lowest BCUT2D eigenvalue weighted by Crippen LogP contribution is -2.87. The van der Waals surface area contributed by atoms with Gasteiger partial charge in [0.2, 0.25) is 0 Å². The molecule has 53 heavy (non-hydrogen) atoms. The molecule has 6 bridgehead atoms. The highest BCUT2D eigenvalue weighted by Crippen LogP contribution is 2.46. The van der Waals surface area contributed by atoms with Crippen molar-refractivity contribution < 1.29 is 82.3 Å². The van der Waals surface area contributed by atoms with Crippen molar-refractivity contribution in [2.75, 3.05) is 0 Å². The molecule has 4 rings (SSSR count). The Morgan fingerprint density at radius 1 is 0.340 bits per heavy atom. The zero-order chi connectivity index (χ0) is 39.7. The lowest BCUT2D eigenvalue weighted by molar-refractivity contribution is -0.0935. The van der Waals surface area contributed by atoms with Crippen LogP contribution in [0.4, 0.5) is 0 Å². The molecule has 0 spiro atoms. The van der Waals surface area contributed by atoms with Crippen LogP contribution < -0.4 is 0 Å². The van der Waals surface area contributed by atoms with Crippen LogP contribution in [0.1, 0.15) is 0 Å². The molecule has 4 saturated heterocycles. The number of hydrogen-bond acceptors (Lipinski definition) is 20. The zero-order valence-corrected chi connectivity index (χ0v) is 52.8. The highest BCUT2D eigenvalue weighted by Gasteiger charge is 2.86. The Hall–Kier alpha value is 2.89. The third-order valence-corrected chi connectivity index (χ3v) is 54.2. The maximum atomic E-state index is 7.11. The molecule has 0 amide bonds. The summed E-state index contributed by atoms with van der Waals surface area (Å²) in [5.41, 5.74) is 0. The van der Waals surface area contributed by atoms with Gasteiger partial charge in [-0.15, -0.1) is 0 Å². The maximum absolute atomic E-state index is 7.11. The van der Waals surface area contributed by atoms with Gasteiger partial charge in [0, 0.05) is 0 Å². The van der Waals surface area contributed by atoms with Crippen LogP contribution in [0.25, 0.3) is 0 Å². The molecule has 0 radical (unpaired) electrons. The van der Waals surface area contributed by atoms with Crippen LogP contribution in [0, 0.1) is 0 Å². The van der Waals surface area contributed by atoms with Crippen molar-refractivity contribution in [2.24, 2.45) is 0 Å². The second-order valence-electron chi connectivity index (χ2n) is 14.5. The summed E-state index contributed by atoms with van der Waals surface area (Å²) in [6.07, 6.45) is 0. The Morgan fingerprint density at radius 2 is 0.604 bits per heavy atom. The Labute approximate surface area is 340 Å². The molecule has 0 aromatic heterocycles. The Kier molecular flexibility index (Phi) is 17.7. The fourth-order valence-electron chi connectivity index (χ4n) is 4.84. The van der Waals surface area contributed by atoms with E-state index in [1.54, 1.807) is 0 Å². The molecule has 4 aliphatic rings. The van der Waals surface area contributed by atoms with Crippen molar-refractivity contribution in [1.29, 1.82) is 0 Å². The molecule has 0 N–H and O–H groups in total. The maximum Gasteiger partial charge on any atom is 0.651 e. The van der Waals surface area contributed by atoms with Crippen LogP contribution in [-0.2, 0) is 82.3 Å². The zero-order valence-electron chi connectivity index (χ0n) is 33.7. The minimum Gasteiger partial charge on any atom is -0.444 e. The normalized spacial score (nSPS) is 38.7. The lowest BCUT2D eigenvalue weighted by Gasteiger charge is -2.55. The molecule has 0 saturated carbocycles. The summed E-state index contributed by atoms with van der Waals surface area (Å²) in [4.78, 5) is 0. The SMILES string of the molecule is C[SiH](C)O[SiH2]O[Si]1(O[SiH](C)C)O[Si]2(O[SiH](C)C)O[Si]3(O[SiH](C)C)O[SiH2]O[Si]4(O[SiH](C)C)O[Si](O[SiH](C)C)(O1)O[Si](O[SiH](C)C)(O2)O[Si](O[SiH](C)C)(O3)O4. The van der Waals surface area contributed by atoms with Crippen molar-refractivity contribution in [2.45, 2.75) is 105 Å². The first-order valence-corrected chi connectivity index (χ1v) is 54.0. The second kappa shape index (κ2) is 19.3. The molecular formula is C16H60O20Si17. The minimum absolute atomic E-state index is 1.56. The summed E-state index contributed by atoms with van der Waals surface area (Å²) in [5, 5.41) is 0. The Morgan fingerprint density at radius 3 is 0.887 bits per heavy atom. The van der Waals surface area contributed by atoms with Crippen molar-refractivity contribution >= 4 is 156 Å². The topological polar surface area (TPSA) is 185 Å². The summed E-state index contributed by atoms with van der Waals surface area (Å²) in [7, 11) is -53.0. The van der Waals surface area contributed by atoms with E-state index in [9.17, 15) is 0 Å². The van der Waals surface area contributed by atoms with Gasteiger partial charge in [-0.2, -0.15) is 0 Å². The summed E-state index contributed by atoms with van der Waals surface area (Å²) in [5.74, 6) is 0. The van der Waals surface area contributed by atoms with Gasteiger partial charge < -0.3 is 82.3 Å². The summed E-state index contributed by atoms with van der Waals surface area (Å²) in [6.45, 7) is 31.3. The van der Waals surface area contributed by atoms with E-state index in [1.807, 2.05) is 105 Å². The largest absolute Gasteiger partial charge is 0.651 e. The van der Waals surface area contributed by atoms with Crippen molar-refractivity contribution in [3.63, 3.8) is 0 Å². The third kappa shape index (κ3) is 13.4. The van der Waals surface area contributed by atoms with E-state index < -0.39 is 156 Å². The molecule has 37 heteroatoms. The van der Waals surface area contributed by atoms with Gasteiger partial charge >= 0.3 is 63.3 Å². The molecule has 4 heterocycles. The number of fused-ring (bicyclic) bond motifs is 4. The van der Waals surface area contributed by atoms with Crippen LogP contribution in [-0.4, -0.2) is 156 Å². The lowest BCUT2D eigenvalue weighted by atomic mass is 11.9. The molecule has 0 aromatic rings. The molecule has 4 aliphatic heterocycles. The highest BCUT2D eigenvalue weighted by atomic mass is 28.7. The average Bonchev–Trinajstić information content (AvgIpc) is 2.86. The monoisotopic (exact) mass is 1050 g/mol. The molecular weight excluding hydrogens is 990 g/mol. The molecule has 0 aromatic carbocycles.